The molecule has 0 aliphatic rings. The molecule has 0 fully saturated rings. The summed E-state index contributed by atoms with van der Waals surface area (Å²) >= 11 is 0. The number of anilines is 1. The number of carboxylic acid groups (broad SMARTS) is 1. The van der Waals surface area contributed by atoms with Crippen LogP contribution < -0.4 is 19.5 Å². The summed E-state index contributed by atoms with van der Waals surface area (Å²) in [6.07, 6.45) is 0. The number of hydrogen-bond donors (Lipinski definition) is 0. The lowest BCUT2D eigenvalue weighted by molar-refractivity contribution is -0.385. The highest BCUT2D eigenvalue weighted by molar-refractivity contribution is 5.65. The molecule has 0 N–H and O–H groups in total. The molecule has 0 heterocycles. The van der Waals surface area contributed by atoms with Crippen LogP contribution in [0.5, 0.6) is 17.2 Å². The second kappa shape index (κ2) is 13.8. The van der Waals surface area contributed by atoms with Gasteiger partial charge in [-0.2, -0.15) is 0 Å². The van der Waals surface area contributed by atoms with Gasteiger partial charge in [0.1, 0.15) is 23.9 Å². The van der Waals surface area contributed by atoms with E-state index in [0.717, 1.165) is 16.8 Å². The second-order valence-corrected chi connectivity index (χ2v) is 9.01. The third-order valence-electron chi connectivity index (χ3n) is 6.08. The fourth-order valence-electron chi connectivity index (χ4n) is 4.20. The smallest absolute Gasteiger partial charge is 0.274 e. The molecule has 0 bridgehead atoms. The molecule has 206 valence electrons. The monoisotopic (exact) mass is 541 g/mol. The summed E-state index contributed by atoms with van der Waals surface area (Å²) in [4.78, 5) is 23.7. The van der Waals surface area contributed by atoms with Crippen molar-refractivity contribution in [3.05, 3.63) is 124 Å². The summed E-state index contributed by atoms with van der Waals surface area (Å²) in [6, 6.07) is 29.9. The highest BCUT2D eigenvalue weighted by Gasteiger charge is 2.18. The number of hydrogen-bond acceptors (Lipinski definition) is 8. The van der Waals surface area contributed by atoms with Gasteiger partial charge in [0.2, 0.25) is 0 Å². The van der Waals surface area contributed by atoms with Gasteiger partial charge < -0.3 is 29.0 Å². The van der Waals surface area contributed by atoms with Crippen molar-refractivity contribution >= 4 is 17.3 Å². The maximum absolute atomic E-state index is 11.6. The number of rotatable bonds is 14. The number of carbonyl (C=O) groups excluding carboxylic acids is 1. The van der Waals surface area contributed by atoms with Gasteiger partial charge in [-0.05, 0) is 48.4 Å². The second-order valence-electron chi connectivity index (χ2n) is 9.01. The first-order chi connectivity index (χ1) is 19.4. The zero-order valence-electron chi connectivity index (χ0n) is 22.0. The molecule has 0 spiro atoms. The van der Waals surface area contributed by atoms with Crippen molar-refractivity contribution < 1.29 is 29.0 Å². The number of ether oxygens (including phenoxy) is 3. The standard InChI is InChI=1S/C31H30N2O7/c1-23-29(11-6-12-30(23)33(36)37)32(20-24-7-3-2-4-8-24)21-25-13-15-26(16-14-25)40-28-10-5-9-27(19-28)39-18-17-38-22-31(34)35/h2-16,19H,17-18,20-22H2,1H3,(H,34,35)/p-1. The van der Waals surface area contributed by atoms with E-state index in [1.807, 2.05) is 60.7 Å². The van der Waals surface area contributed by atoms with E-state index in [9.17, 15) is 20.0 Å². The van der Waals surface area contributed by atoms with Crippen LogP contribution in [0.1, 0.15) is 16.7 Å². The van der Waals surface area contributed by atoms with Crippen LogP contribution in [-0.4, -0.2) is 30.7 Å². The quantitative estimate of drug-likeness (QED) is 0.124. The largest absolute Gasteiger partial charge is 0.548 e. The molecule has 0 saturated heterocycles. The van der Waals surface area contributed by atoms with Crippen molar-refractivity contribution in [2.24, 2.45) is 0 Å². The molecule has 4 rings (SSSR count). The summed E-state index contributed by atoms with van der Waals surface area (Å²) in [5.41, 5.74) is 3.63. The fourth-order valence-corrected chi connectivity index (χ4v) is 4.20. The summed E-state index contributed by atoms with van der Waals surface area (Å²) in [5.74, 6) is 0.512. The van der Waals surface area contributed by atoms with Gasteiger partial charge in [-0.1, -0.05) is 54.6 Å². The molecule has 9 nitrogen and oxygen atoms in total. The minimum Gasteiger partial charge on any atom is -0.548 e. The number of benzene rings is 4. The van der Waals surface area contributed by atoms with E-state index in [-0.39, 0.29) is 23.8 Å². The molecule has 0 aliphatic carbocycles. The minimum absolute atomic E-state index is 0.0932. The van der Waals surface area contributed by atoms with E-state index in [0.29, 0.717) is 35.9 Å². The maximum atomic E-state index is 11.6. The molecule has 4 aromatic rings. The van der Waals surface area contributed by atoms with E-state index in [1.165, 1.54) is 6.07 Å². The third kappa shape index (κ3) is 8.05. The van der Waals surface area contributed by atoms with Gasteiger partial charge in [0.05, 0.1) is 29.7 Å². The molecule has 0 saturated carbocycles. The Morgan fingerprint density at radius 1 is 0.800 bits per heavy atom. The predicted molar refractivity (Wildman–Crippen MR) is 148 cm³/mol. The Balaban J connectivity index is 1.44. The lowest BCUT2D eigenvalue weighted by Gasteiger charge is -2.27. The molecule has 0 aliphatic heterocycles. The molecule has 0 amide bonds. The van der Waals surface area contributed by atoms with E-state index >= 15 is 0 Å². The number of nitrogens with zero attached hydrogens (tertiary/aromatic N) is 2. The van der Waals surface area contributed by atoms with E-state index in [1.54, 1.807) is 37.3 Å². The van der Waals surface area contributed by atoms with Gasteiger partial charge in [0, 0.05) is 30.9 Å². The van der Waals surface area contributed by atoms with Crippen molar-refractivity contribution in [2.45, 2.75) is 20.0 Å². The average Bonchev–Trinajstić information content (AvgIpc) is 2.94. The SMILES string of the molecule is Cc1c(N(Cc2ccccc2)Cc2ccc(Oc3cccc(OCCOCC(=O)[O-])c3)cc2)cccc1[N+](=O)[O-]. The van der Waals surface area contributed by atoms with Crippen molar-refractivity contribution in [1.29, 1.82) is 0 Å². The Hall–Kier alpha value is -4.89. The van der Waals surface area contributed by atoms with E-state index in [2.05, 4.69) is 4.90 Å². The lowest BCUT2D eigenvalue weighted by atomic mass is 10.1. The molecule has 0 radical (unpaired) electrons. The maximum Gasteiger partial charge on any atom is 0.274 e. The molecule has 0 atom stereocenters. The molecule has 9 heteroatoms. The van der Waals surface area contributed by atoms with Crippen LogP contribution in [0.4, 0.5) is 11.4 Å². The van der Waals surface area contributed by atoms with Crippen LogP contribution in [0.2, 0.25) is 0 Å². The molecule has 4 aromatic carbocycles. The molecule has 0 aromatic heterocycles. The Labute approximate surface area is 232 Å². The minimum atomic E-state index is -1.27. The van der Waals surface area contributed by atoms with Crippen molar-refractivity contribution in [1.82, 2.24) is 0 Å². The molecular weight excluding hydrogens is 512 g/mol. The Kier molecular flexibility index (Phi) is 9.68. The van der Waals surface area contributed by atoms with Gasteiger partial charge >= 0.3 is 0 Å². The van der Waals surface area contributed by atoms with Crippen molar-refractivity contribution in [3.8, 4) is 17.2 Å². The van der Waals surface area contributed by atoms with Crippen LogP contribution in [0.25, 0.3) is 0 Å². The zero-order valence-corrected chi connectivity index (χ0v) is 22.0. The van der Waals surface area contributed by atoms with Gasteiger partial charge in [-0.3, -0.25) is 10.1 Å². The topological polar surface area (TPSA) is 114 Å². The fraction of sp³-hybridized carbons (Fsp3) is 0.194. The lowest BCUT2D eigenvalue weighted by Crippen LogP contribution is -2.28. The molecule has 40 heavy (non-hydrogen) atoms. The summed E-state index contributed by atoms with van der Waals surface area (Å²) < 4.78 is 16.5. The zero-order chi connectivity index (χ0) is 28.3. The number of carbonyl (C=O) groups is 1. The van der Waals surface area contributed by atoms with Crippen LogP contribution >= 0.6 is 0 Å². The Morgan fingerprint density at radius 3 is 2.17 bits per heavy atom. The van der Waals surface area contributed by atoms with Gasteiger partial charge in [0.25, 0.3) is 5.69 Å². The Morgan fingerprint density at radius 2 is 1.48 bits per heavy atom. The van der Waals surface area contributed by atoms with E-state index in [4.69, 9.17) is 14.2 Å². The van der Waals surface area contributed by atoms with Crippen LogP contribution in [-0.2, 0) is 22.6 Å². The Bertz CT molecular complexity index is 1430. The van der Waals surface area contributed by atoms with Gasteiger partial charge in [-0.15, -0.1) is 0 Å². The normalized spacial score (nSPS) is 10.6. The number of carboxylic acids is 1. The number of aliphatic carboxylic acids is 1. The average molecular weight is 542 g/mol. The third-order valence-corrected chi connectivity index (χ3v) is 6.08. The van der Waals surface area contributed by atoms with Crippen molar-refractivity contribution in [2.75, 3.05) is 24.7 Å². The van der Waals surface area contributed by atoms with Crippen LogP contribution in [0.3, 0.4) is 0 Å². The van der Waals surface area contributed by atoms with Crippen LogP contribution in [0, 0.1) is 17.0 Å². The predicted octanol–water partition coefficient (Wildman–Crippen LogP) is 5.05. The van der Waals surface area contributed by atoms with Crippen LogP contribution in [0.15, 0.2) is 97.1 Å². The molecular formula is C31H29N2O7-. The molecule has 0 unspecified atom stereocenters. The summed E-state index contributed by atoms with van der Waals surface area (Å²) in [7, 11) is 0. The summed E-state index contributed by atoms with van der Waals surface area (Å²) in [5, 5.41) is 22.0. The first-order valence-electron chi connectivity index (χ1n) is 12.7. The number of nitro benzene ring substituents is 1. The first-order valence-corrected chi connectivity index (χ1v) is 12.7. The highest BCUT2D eigenvalue weighted by Crippen LogP contribution is 2.31. The number of nitro groups is 1. The van der Waals surface area contributed by atoms with Crippen molar-refractivity contribution in [3.63, 3.8) is 0 Å². The first kappa shape index (κ1) is 28.1. The van der Waals surface area contributed by atoms with E-state index < -0.39 is 12.6 Å². The summed E-state index contributed by atoms with van der Waals surface area (Å²) in [6.45, 7) is 2.75. The highest BCUT2D eigenvalue weighted by atomic mass is 16.6. The van der Waals surface area contributed by atoms with Gasteiger partial charge in [0.15, 0.2) is 0 Å². The van der Waals surface area contributed by atoms with Gasteiger partial charge in [-0.25, -0.2) is 0 Å².